The van der Waals surface area contributed by atoms with Crippen LogP contribution >= 0.6 is 0 Å². The molecular weight excluding hydrogens is 531 g/mol. The molecule has 2 N–H and O–H groups in total. The van der Waals surface area contributed by atoms with Crippen molar-refractivity contribution in [3.8, 4) is 5.75 Å². The first-order chi connectivity index (χ1) is 17.5. The fourth-order valence-electron chi connectivity index (χ4n) is 3.51. The van der Waals surface area contributed by atoms with Crippen LogP contribution in [-0.2, 0) is 26.1 Å². The highest BCUT2D eigenvalue weighted by molar-refractivity contribution is 7.92. The molecule has 2 heterocycles. The van der Waals surface area contributed by atoms with Crippen molar-refractivity contribution in [3.63, 3.8) is 0 Å². The topological polar surface area (TPSA) is 132 Å². The lowest BCUT2D eigenvalue weighted by atomic mass is 10.1. The summed E-state index contributed by atoms with van der Waals surface area (Å²) in [7, 11) is -4.26. The number of carbonyl (C=O) groups is 2. The van der Waals surface area contributed by atoms with Gasteiger partial charge in [-0.2, -0.15) is 18.3 Å². The molecule has 1 aromatic carbocycles. The fourth-order valence-corrected chi connectivity index (χ4v) is 5.15. The number of fused-ring (bicyclic) bond motifs is 1. The molecule has 1 atom stereocenters. The second kappa shape index (κ2) is 10.2. The first-order valence-corrected chi connectivity index (χ1v) is 12.8. The lowest BCUT2D eigenvalue weighted by Crippen LogP contribution is -2.47. The number of nitrogens with zero attached hydrogens (tertiary/aromatic N) is 3. The molecule has 1 aliphatic rings. The molecule has 3 rings (SSSR count). The quantitative estimate of drug-likeness (QED) is 0.529. The second-order valence-corrected chi connectivity index (χ2v) is 10.8. The maximum atomic E-state index is 13.8. The number of alkyl halides is 3. The van der Waals surface area contributed by atoms with E-state index in [0.717, 1.165) is 4.31 Å². The summed E-state index contributed by atoms with van der Waals surface area (Å²) in [5, 5.41) is 8.87. The second-order valence-electron chi connectivity index (χ2n) is 8.99. The number of hydrogen-bond donors (Lipinski definition) is 2. The molecule has 0 unspecified atom stereocenters. The first kappa shape index (κ1) is 28.8. The average Bonchev–Trinajstić information content (AvgIpc) is 3.18. The van der Waals surface area contributed by atoms with Crippen LogP contribution in [0.2, 0.25) is 0 Å². The lowest BCUT2D eigenvalue weighted by molar-refractivity contribution is -0.242. The third-order valence-electron chi connectivity index (χ3n) is 5.62. The number of ether oxygens (including phenoxy) is 2. The van der Waals surface area contributed by atoms with E-state index in [1.54, 1.807) is 6.92 Å². The number of hydrogen-bond acceptors (Lipinski definition) is 7. The van der Waals surface area contributed by atoms with Crippen molar-refractivity contribution in [2.75, 3.05) is 16.2 Å². The monoisotopic (exact) mass is 559 g/mol. The van der Waals surface area contributed by atoms with E-state index in [1.165, 1.54) is 42.9 Å². The predicted octanol–water partition coefficient (Wildman–Crippen LogP) is 3.71. The minimum atomic E-state index is -4.81. The van der Waals surface area contributed by atoms with Crippen LogP contribution in [0.1, 0.15) is 33.4 Å². The standard InChI is InChI=1S/C23H28F3N5O6S/c1-7-30-12-20(14(3)29-30)38(34,35)31-11-19(13(2)27-15(4)32)36-18-9-8-16(10-17(18)31)28-21(33)37-22(5,6)23(24,25)26/h8-10,12,19H,2,7,11H2,1,3-6H3,(H,27,32)(H,28,33)/t19-/m1/s1. The zero-order valence-electron chi connectivity index (χ0n) is 21.3. The maximum Gasteiger partial charge on any atom is 0.427 e. The minimum absolute atomic E-state index is 0.00611. The molecule has 2 amide bonds. The highest BCUT2D eigenvalue weighted by Gasteiger charge is 2.51. The maximum absolute atomic E-state index is 13.8. The molecule has 15 heteroatoms. The van der Waals surface area contributed by atoms with Gasteiger partial charge < -0.3 is 14.8 Å². The Hall–Kier alpha value is -3.75. The molecule has 2 aromatic rings. The molecule has 1 aromatic heterocycles. The summed E-state index contributed by atoms with van der Waals surface area (Å²) in [6, 6.07) is 3.86. The summed E-state index contributed by atoms with van der Waals surface area (Å²) in [5.41, 5.74) is -2.46. The SMILES string of the molecule is C=C(NC(C)=O)[C@H]1CN(S(=O)(=O)c2cn(CC)nc2C)c2cc(NC(=O)OC(C)(C)C(F)(F)F)ccc2O1. The molecule has 0 saturated carbocycles. The molecule has 208 valence electrons. The van der Waals surface area contributed by atoms with Crippen molar-refractivity contribution in [1.29, 1.82) is 0 Å². The third kappa shape index (κ3) is 5.87. The number of aryl methyl sites for hydroxylation is 2. The molecule has 0 saturated heterocycles. The summed E-state index contributed by atoms with van der Waals surface area (Å²) in [5.74, 6) is -0.370. The van der Waals surface area contributed by atoms with Crippen molar-refractivity contribution < 1.29 is 40.7 Å². The van der Waals surface area contributed by atoms with Gasteiger partial charge in [-0.1, -0.05) is 6.58 Å². The predicted molar refractivity (Wildman–Crippen MR) is 131 cm³/mol. The number of rotatable bonds is 7. The number of benzene rings is 1. The van der Waals surface area contributed by atoms with Gasteiger partial charge in [0, 0.05) is 25.4 Å². The molecule has 0 fully saturated rings. The van der Waals surface area contributed by atoms with E-state index in [1.807, 2.05) is 0 Å². The molecule has 0 aliphatic carbocycles. The molecule has 1 aliphatic heterocycles. The van der Waals surface area contributed by atoms with Gasteiger partial charge in [-0.3, -0.25) is 19.1 Å². The van der Waals surface area contributed by atoms with Crippen LogP contribution in [0, 0.1) is 6.92 Å². The summed E-state index contributed by atoms with van der Waals surface area (Å²) < 4.78 is 79.7. The average molecular weight is 560 g/mol. The Kier molecular flexibility index (Phi) is 7.73. The first-order valence-electron chi connectivity index (χ1n) is 11.4. The van der Waals surface area contributed by atoms with Crippen LogP contribution in [0.25, 0.3) is 0 Å². The lowest BCUT2D eigenvalue weighted by Gasteiger charge is -2.36. The molecule has 0 bridgehead atoms. The Morgan fingerprint density at radius 2 is 1.95 bits per heavy atom. The number of amides is 2. The van der Waals surface area contributed by atoms with Gasteiger partial charge in [0.2, 0.25) is 11.5 Å². The van der Waals surface area contributed by atoms with Crippen molar-refractivity contribution >= 4 is 33.4 Å². The van der Waals surface area contributed by atoms with Crippen LogP contribution in [-0.4, -0.2) is 54.6 Å². The largest absolute Gasteiger partial charge is 0.480 e. The van der Waals surface area contributed by atoms with Crippen LogP contribution < -0.4 is 19.7 Å². The molecule has 0 spiro atoms. The fraction of sp³-hybridized carbons (Fsp3) is 0.435. The van der Waals surface area contributed by atoms with E-state index in [4.69, 9.17) is 4.74 Å². The van der Waals surface area contributed by atoms with Gasteiger partial charge in [-0.15, -0.1) is 0 Å². The van der Waals surface area contributed by atoms with E-state index in [-0.39, 0.29) is 40.0 Å². The van der Waals surface area contributed by atoms with Crippen LogP contribution in [0.4, 0.5) is 29.3 Å². The van der Waals surface area contributed by atoms with Gasteiger partial charge in [-0.25, -0.2) is 13.2 Å². The zero-order valence-corrected chi connectivity index (χ0v) is 22.2. The number of carbonyl (C=O) groups excluding carboxylic acids is 2. The Morgan fingerprint density at radius 3 is 2.50 bits per heavy atom. The Morgan fingerprint density at radius 1 is 1.29 bits per heavy atom. The summed E-state index contributed by atoms with van der Waals surface area (Å²) in [6.07, 6.45) is -5.81. The van der Waals surface area contributed by atoms with E-state index in [9.17, 15) is 31.2 Å². The molecule has 0 radical (unpaired) electrons. The van der Waals surface area contributed by atoms with Gasteiger partial charge in [-0.05, 0) is 45.9 Å². The highest BCUT2D eigenvalue weighted by Crippen LogP contribution is 2.40. The number of aromatic nitrogens is 2. The van der Waals surface area contributed by atoms with Crippen molar-refractivity contribution in [2.45, 2.75) is 63.9 Å². The van der Waals surface area contributed by atoms with Gasteiger partial charge >= 0.3 is 12.3 Å². The minimum Gasteiger partial charge on any atom is -0.480 e. The van der Waals surface area contributed by atoms with Gasteiger partial charge in [0.15, 0.2) is 6.10 Å². The highest BCUT2D eigenvalue weighted by atomic mass is 32.2. The third-order valence-corrected chi connectivity index (χ3v) is 7.51. The summed E-state index contributed by atoms with van der Waals surface area (Å²) in [6.45, 7) is 9.85. The number of anilines is 2. The molecular formula is C23H28F3N5O6S. The number of halogens is 3. The van der Waals surface area contributed by atoms with E-state index in [2.05, 4.69) is 27.0 Å². The van der Waals surface area contributed by atoms with E-state index >= 15 is 0 Å². The molecule has 11 nitrogen and oxygen atoms in total. The van der Waals surface area contributed by atoms with Crippen molar-refractivity contribution in [1.82, 2.24) is 15.1 Å². The van der Waals surface area contributed by atoms with Crippen LogP contribution in [0.5, 0.6) is 5.75 Å². The normalized spacial score (nSPS) is 15.8. The molecule has 38 heavy (non-hydrogen) atoms. The van der Waals surface area contributed by atoms with Gasteiger partial charge in [0.05, 0.1) is 23.6 Å². The van der Waals surface area contributed by atoms with Gasteiger partial charge in [0.1, 0.15) is 10.6 Å². The Labute approximate surface area is 217 Å². The van der Waals surface area contributed by atoms with Crippen LogP contribution in [0.3, 0.4) is 0 Å². The Balaban J connectivity index is 2.02. The smallest absolute Gasteiger partial charge is 0.427 e. The zero-order chi connectivity index (χ0) is 28.6. The summed E-state index contributed by atoms with van der Waals surface area (Å²) in [4.78, 5) is 23.7. The Bertz CT molecular complexity index is 1370. The number of nitrogens with one attached hydrogen (secondary N) is 2. The van der Waals surface area contributed by atoms with Crippen LogP contribution in [0.15, 0.2) is 41.6 Å². The van der Waals surface area contributed by atoms with Gasteiger partial charge in [0.25, 0.3) is 10.0 Å². The van der Waals surface area contributed by atoms with E-state index < -0.39 is 39.9 Å². The number of sulfonamides is 1. The van der Waals surface area contributed by atoms with Crippen molar-refractivity contribution in [2.24, 2.45) is 0 Å². The van der Waals surface area contributed by atoms with E-state index in [0.29, 0.717) is 20.4 Å². The van der Waals surface area contributed by atoms with Crippen molar-refractivity contribution in [3.05, 3.63) is 42.4 Å². The summed E-state index contributed by atoms with van der Waals surface area (Å²) >= 11 is 0.